The van der Waals surface area contributed by atoms with E-state index in [4.69, 9.17) is 14.2 Å². The molecule has 308 valence electrons. The number of ether oxygens (including phenoxy) is 4. The van der Waals surface area contributed by atoms with Crippen molar-refractivity contribution in [2.45, 2.75) is 64.1 Å². The van der Waals surface area contributed by atoms with Crippen LogP contribution in [0.4, 0.5) is 9.59 Å². The highest BCUT2D eigenvalue weighted by Gasteiger charge is 2.37. The fourth-order valence-corrected chi connectivity index (χ4v) is 7.26. The van der Waals surface area contributed by atoms with Crippen molar-refractivity contribution in [3.8, 4) is 45.5 Å². The first kappa shape index (κ1) is 40.4. The van der Waals surface area contributed by atoms with Crippen molar-refractivity contribution in [2.75, 3.05) is 27.3 Å². The maximum atomic E-state index is 13.9. The Bertz CT molecular complexity index is 2290. The number of benzene rings is 3. The van der Waals surface area contributed by atoms with E-state index >= 15 is 0 Å². The Balaban J connectivity index is 0.951. The van der Waals surface area contributed by atoms with Crippen molar-refractivity contribution in [2.24, 2.45) is 5.92 Å². The van der Waals surface area contributed by atoms with Crippen LogP contribution >= 0.6 is 0 Å². The van der Waals surface area contributed by atoms with E-state index in [0.29, 0.717) is 53.9 Å². The summed E-state index contributed by atoms with van der Waals surface area (Å²) in [6, 6.07) is 18.6. The minimum atomic E-state index is -0.902. The van der Waals surface area contributed by atoms with Crippen LogP contribution in [-0.4, -0.2) is 82.2 Å². The van der Waals surface area contributed by atoms with Gasteiger partial charge in [-0.25, -0.2) is 19.6 Å². The molecule has 5 N–H and O–H groups in total. The van der Waals surface area contributed by atoms with E-state index < -0.39 is 24.3 Å². The summed E-state index contributed by atoms with van der Waals surface area (Å²) >= 11 is 0. The molecule has 59 heavy (non-hydrogen) atoms. The number of likely N-dealkylation sites (tertiary alicyclic amines) is 1. The number of carbonyl (C=O) groups excluding carboxylic acids is 4. The molecule has 0 bridgehead atoms. The van der Waals surface area contributed by atoms with Crippen LogP contribution in [0.5, 0.6) is 23.0 Å². The van der Waals surface area contributed by atoms with E-state index in [2.05, 4.69) is 40.6 Å². The van der Waals surface area contributed by atoms with Gasteiger partial charge in [0.05, 0.1) is 44.0 Å². The third kappa shape index (κ3) is 9.32. The number of nitrogens with one attached hydrogen (secondary N) is 5. The first-order chi connectivity index (χ1) is 28.6. The Hall–Kier alpha value is -6.84. The number of H-pyrrole nitrogens is 2. The molecular formula is C43H48N8O8. The quantitative estimate of drug-likeness (QED) is 0.0718. The largest absolute Gasteiger partial charge is 0.453 e. The molecule has 3 unspecified atom stereocenters. The molecule has 16 heteroatoms. The average molecular weight is 805 g/mol. The molecule has 0 saturated carbocycles. The van der Waals surface area contributed by atoms with E-state index in [1.54, 1.807) is 29.4 Å². The molecule has 5 aromatic rings. The highest BCUT2D eigenvalue weighted by Crippen LogP contribution is 2.47. The molecule has 3 aromatic carbocycles. The molecule has 3 atom stereocenters. The van der Waals surface area contributed by atoms with Gasteiger partial charge in [0.2, 0.25) is 5.91 Å². The molecule has 0 aliphatic carbocycles. The predicted molar refractivity (Wildman–Crippen MR) is 217 cm³/mol. The summed E-state index contributed by atoms with van der Waals surface area (Å²) in [5.41, 5.74) is 3.97. The van der Waals surface area contributed by atoms with Gasteiger partial charge in [0.25, 0.3) is 5.91 Å². The monoisotopic (exact) mass is 804 g/mol. The number of hydrogen-bond donors (Lipinski definition) is 5. The van der Waals surface area contributed by atoms with Crippen LogP contribution in [0.25, 0.3) is 22.5 Å². The molecule has 1 saturated heterocycles. The van der Waals surface area contributed by atoms with Gasteiger partial charge in [-0.1, -0.05) is 44.2 Å². The van der Waals surface area contributed by atoms with E-state index in [1.807, 2.05) is 68.4 Å². The van der Waals surface area contributed by atoms with Gasteiger partial charge in [-0.15, -0.1) is 0 Å². The lowest BCUT2D eigenvalue weighted by atomic mass is 10.0. The molecule has 2 aliphatic rings. The number of fused-ring (bicyclic) bond motifs is 2. The van der Waals surface area contributed by atoms with Gasteiger partial charge in [0.1, 0.15) is 23.7 Å². The molecule has 4 amide bonds. The number of alkyl carbamates (subject to hydrolysis) is 2. The van der Waals surface area contributed by atoms with Gasteiger partial charge in [-0.3, -0.25) is 9.59 Å². The number of aromatic amines is 2. The van der Waals surface area contributed by atoms with Gasteiger partial charge in [-0.05, 0) is 73.6 Å². The standard InChI is InChI=1S/C43H48N8O8/c1-25(2)37(49-42(54)56-3)40(52)44-19-9-8-14-36-45-23-29(47-36)27-15-17-32-34(21-27)58-33-18-16-28(22-35(33)59-32)30-24-46-39(48-30)31-13-10-20-51(31)41(53)38(50-43(55)57-4)26-11-6-5-7-12-26/h5-7,11-12,15-18,21-25,31,37-38H,8-10,13-14,19-20H2,1-4H3,(H,44,52)(H,45,47)(H,46,48)(H,49,54)(H,50,55). The van der Waals surface area contributed by atoms with Crippen LogP contribution in [0.15, 0.2) is 79.1 Å². The number of amides is 4. The molecule has 1 fully saturated rings. The summed E-state index contributed by atoms with van der Waals surface area (Å²) in [7, 11) is 2.54. The van der Waals surface area contributed by atoms with Crippen LogP contribution in [0.2, 0.25) is 0 Å². The number of carbonyl (C=O) groups is 4. The third-order valence-electron chi connectivity index (χ3n) is 10.4. The number of imidazole rings is 2. The second kappa shape index (κ2) is 18.2. The minimum Gasteiger partial charge on any atom is -0.453 e. The summed E-state index contributed by atoms with van der Waals surface area (Å²) in [5, 5.41) is 8.17. The zero-order chi connectivity index (χ0) is 41.5. The number of methoxy groups -OCH3 is 2. The number of rotatable bonds is 14. The van der Waals surface area contributed by atoms with Crippen LogP contribution in [0.3, 0.4) is 0 Å². The second-order valence-electron chi connectivity index (χ2n) is 14.7. The summed E-state index contributed by atoms with van der Waals surface area (Å²) in [5.74, 6) is 3.17. The maximum Gasteiger partial charge on any atom is 0.407 e. The summed E-state index contributed by atoms with van der Waals surface area (Å²) in [6.07, 6.45) is 5.96. The Morgan fingerprint density at radius 2 is 1.46 bits per heavy atom. The number of hydrogen-bond acceptors (Lipinski definition) is 10. The van der Waals surface area contributed by atoms with Crippen LogP contribution in [-0.2, 0) is 25.5 Å². The number of aryl methyl sites for hydroxylation is 1. The van der Waals surface area contributed by atoms with Gasteiger partial charge < -0.3 is 49.8 Å². The highest BCUT2D eigenvalue weighted by atomic mass is 16.6. The smallest absolute Gasteiger partial charge is 0.407 e. The number of aromatic nitrogens is 4. The highest BCUT2D eigenvalue weighted by molar-refractivity contribution is 5.87. The molecule has 2 aliphatic heterocycles. The second-order valence-corrected chi connectivity index (χ2v) is 14.7. The molecule has 16 nitrogen and oxygen atoms in total. The first-order valence-electron chi connectivity index (χ1n) is 19.7. The van der Waals surface area contributed by atoms with Crippen molar-refractivity contribution < 1.29 is 38.1 Å². The molecule has 4 heterocycles. The zero-order valence-electron chi connectivity index (χ0n) is 33.4. The zero-order valence-corrected chi connectivity index (χ0v) is 33.4. The van der Waals surface area contributed by atoms with E-state index in [-0.39, 0.29) is 23.8 Å². The SMILES string of the molecule is COC(=O)NC(C(=O)N1CCCC1c1ncc(-c2ccc3c(c2)Oc2ccc(-c4cnc(CCCCNC(=O)C(NC(=O)OC)C(C)C)[nH]4)cc2O3)[nH]1)c1ccccc1. The van der Waals surface area contributed by atoms with Gasteiger partial charge in [-0.2, -0.15) is 0 Å². The number of unbranched alkanes of at least 4 members (excludes halogenated alkanes) is 1. The fraction of sp³-hybridized carbons (Fsp3) is 0.349. The lowest BCUT2D eigenvalue weighted by Crippen LogP contribution is -2.49. The van der Waals surface area contributed by atoms with Crippen molar-refractivity contribution in [3.63, 3.8) is 0 Å². The minimum absolute atomic E-state index is 0.0857. The predicted octanol–water partition coefficient (Wildman–Crippen LogP) is 6.95. The van der Waals surface area contributed by atoms with Gasteiger partial charge >= 0.3 is 12.2 Å². The van der Waals surface area contributed by atoms with Crippen molar-refractivity contribution >= 4 is 24.0 Å². The Kier molecular flexibility index (Phi) is 12.4. The van der Waals surface area contributed by atoms with Gasteiger partial charge in [0.15, 0.2) is 23.0 Å². The third-order valence-corrected chi connectivity index (χ3v) is 10.4. The van der Waals surface area contributed by atoms with Crippen molar-refractivity contribution in [3.05, 3.63) is 96.3 Å². The Morgan fingerprint density at radius 1 is 0.814 bits per heavy atom. The Morgan fingerprint density at radius 3 is 2.12 bits per heavy atom. The van der Waals surface area contributed by atoms with E-state index in [1.165, 1.54) is 14.2 Å². The topological polar surface area (TPSA) is 202 Å². The van der Waals surface area contributed by atoms with Crippen molar-refractivity contribution in [1.29, 1.82) is 0 Å². The molecule has 7 rings (SSSR count). The normalized spacial score (nSPS) is 15.2. The van der Waals surface area contributed by atoms with Crippen LogP contribution in [0.1, 0.15) is 68.8 Å². The summed E-state index contributed by atoms with van der Waals surface area (Å²) < 4.78 is 22.1. The average Bonchev–Trinajstić information content (AvgIpc) is 4.05. The van der Waals surface area contributed by atoms with E-state index in [0.717, 1.165) is 54.0 Å². The summed E-state index contributed by atoms with van der Waals surface area (Å²) in [4.78, 5) is 68.1. The lowest BCUT2D eigenvalue weighted by Gasteiger charge is -2.28. The molecule has 0 spiro atoms. The molecule has 2 aromatic heterocycles. The molecule has 0 radical (unpaired) electrons. The lowest BCUT2D eigenvalue weighted by molar-refractivity contribution is -0.134. The van der Waals surface area contributed by atoms with Gasteiger partial charge in [0, 0.05) is 30.6 Å². The molecular weight excluding hydrogens is 757 g/mol. The summed E-state index contributed by atoms with van der Waals surface area (Å²) in [6.45, 7) is 4.72. The van der Waals surface area contributed by atoms with Crippen molar-refractivity contribution in [1.82, 2.24) is 40.8 Å². The van der Waals surface area contributed by atoms with Crippen LogP contribution < -0.4 is 25.4 Å². The van der Waals surface area contributed by atoms with Crippen LogP contribution in [0, 0.1) is 5.92 Å². The van der Waals surface area contributed by atoms with E-state index in [9.17, 15) is 19.2 Å². The first-order valence-corrected chi connectivity index (χ1v) is 19.7. The Labute approximate surface area is 341 Å². The number of nitrogens with zero attached hydrogens (tertiary/aromatic N) is 3. The maximum absolute atomic E-state index is 13.9. The fourth-order valence-electron chi connectivity index (χ4n) is 7.26.